The minimum atomic E-state index is -0.219. The van der Waals surface area contributed by atoms with Crippen molar-refractivity contribution in [3.63, 3.8) is 0 Å². The van der Waals surface area contributed by atoms with Crippen LogP contribution in [0.2, 0.25) is 0 Å². The Morgan fingerprint density at radius 1 is 0.560 bits per heavy atom. The van der Waals surface area contributed by atoms with Gasteiger partial charge in [-0.25, -0.2) is 0 Å². The molecular formula is C23H32O2. The molecule has 0 amide bonds. The first kappa shape index (κ1) is 15.4. The van der Waals surface area contributed by atoms with Crippen molar-refractivity contribution in [2.24, 2.45) is 33.5 Å². The third kappa shape index (κ3) is 1.46. The van der Waals surface area contributed by atoms with Gasteiger partial charge in [0, 0.05) is 21.7 Å². The summed E-state index contributed by atoms with van der Waals surface area (Å²) in [5.41, 5.74) is -0.454. The number of hydrogen-bond donors (Lipinski definition) is 0. The number of carbonyl (C=O) groups is 2. The summed E-state index contributed by atoms with van der Waals surface area (Å²) in [6.45, 7) is 0. The van der Waals surface area contributed by atoms with Crippen LogP contribution in [-0.2, 0) is 9.59 Å². The maximum atomic E-state index is 14.1. The minimum Gasteiger partial charge on any atom is -0.298 e. The monoisotopic (exact) mass is 340 g/mol. The topological polar surface area (TPSA) is 34.1 Å². The van der Waals surface area contributed by atoms with Crippen LogP contribution in [-0.4, -0.2) is 11.6 Å². The highest BCUT2D eigenvalue weighted by atomic mass is 16.1. The molecule has 0 aromatic carbocycles. The van der Waals surface area contributed by atoms with E-state index in [1.807, 2.05) is 0 Å². The van der Waals surface area contributed by atoms with Crippen molar-refractivity contribution >= 4 is 11.6 Å². The molecule has 0 saturated heterocycles. The molecule has 0 aromatic rings. The molecule has 136 valence electrons. The number of ketones is 2. The van der Waals surface area contributed by atoms with E-state index in [4.69, 9.17) is 0 Å². The van der Waals surface area contributed by atoms with E-state index in [9.17, 15) is 9.59 Å². The average Bonchev–Trinajstić information content (AvgIpc) is 3.39. The van der Waals surface area contributed by atoms with Crippen LogP contribution in [0.15, 0.2) is 0 Å². The summed E-state index contributed by atoms with van der Waals surface area (Å²) in [6, 6.07) is 0. The van der Waals surface area contributed by atoms with Crippen LogP contribution in [0.3, 0.4) is 0 Å². The van der Waals surface area contributed by atoms with E-state index >= 15 is 0 Å². The van der Waals surface area contributed by atoms with Gasteiger partial charge in [-0.05, 0) is 69.6 Å². The van der Waals surface area contributed by atoms with Crippen LogP contribution in [0.1, 0.15) is 96.3 Å². The summed E-state index contributed by atoms with van der Waals surface area (Å²) >= 11 is 0. The average molecular weight is 341 g/mol. The Morgan fingerprint density at radius 3 is 1.32 bits per heavy atom. The third-order valence-corrected chi connectivity index (χ3v) is 10.3. The maximum Gasteiger partial charge on any atom is 0.146 e. The molecule has 4 atom stereocenters. The van der Waals surface area contributed by atoms with E-state index in [2.05, 4.69) is 0 Å². The fourth-order valence-electron chi connectivity index (χ4n) is 9.70. The highest BCUT2D eigenvalue weighted by molar-refractivity contribution is 6.04. The van der Waals surface area contributed by atoms with Crippen LogP contribution in [0.4, 0.5) is 0 Å². The van der Waals surface area contributed by atoms with Crippen molar-refractivity contribution in [2.75, 3.05) is 0 Å². The minimum absolute atomic E-state index is 0.00825. The molecule has 2 nitrogen and oxygen atoms in total. The summed E-state index contributed by atoms with van der Waals surface area (Å²) in [7, 11) is 0. The molecule has 0 N–H and O–H groups in total. The van der Waals surface area contributed by atoms with E-state index in [1.54, 1.807) is 0 Å². The zero-order valence-electron chi connectivity index (χ0n) is 15.6. The second-order valence-electron chi connectivity index (χ2n) is 10.8. The Kier molecular flexibility index (Phi) is 2.83. The van der Waals surface area contributed by atoms with E-state index in [0.29, 0.717) is 23.4 Å². The second kappa shape index (κ2) is 4.60. The molecular weight excluding hydrogens is 308 g/mol. The van der Waals surface area contributed by atoms with Gasteiger partial charge >= 0.3 is 0 Å². The predicted molar refractivity (Wildman–Crippen MR) is 96.0 cm³/mol. The van der Waals surface area contributed by atoms with Crippen molar-refractivity contribution in [1.82, 2.24) is 0 Å². The van der Waals surface area contributed by atoms with Crippen molar-refractivity contribution < 1.29 is 9.59 Å². The van der Waals surface area contributed by atoms with E-state index < -0.39 is 0 Å². The van der Waals surface area contributed by atoms with Crippen LogP contribution in [0, 0.1) is 33.5 Å². The van der Waals surface area contributed by atoms with Gasteiger partial charge < -0.3 is 0 Å². The Morgan fingerprint density at radius 2 is 0.920 bits per heavy atom. The number of carbonyl (C=O) groups excluding carboxylic acids is 2. The van der Waals surface area contributed by atoms with Crippen molar-refractivity contribution in [3.05, 3.63) is 0 Å². The summed E-state index contributed by atoms with van der Waals surface area (Å²) < 4.78 is 0. The molecule has 6 fully saturated rings. The molecule has 0 heterocycles. The first-order valence-corrected chi connectivity index (χ1v) is 11.2. The first-order chi connectivity index (χ1) is 12.1. The van der Waals surface area contributed by atoms with Crippen LogP contribution >= 0.6 is 0 Å². The Labute approximate surface area is 151 Å². The molecule has 0 radical (unpaired) electrons. The van der Waals surface area contributed by atoms with E-state index in [1.165, 1.54) is 44.9 Å². The van der Waals surface area contributed by atoms with Gasteiger partial charge in [-0.2, -0.15) is 0 Å². The summed E-state index contributed by atoms with van der Waals surface area (Å²) in [5.74, 6) is 2.30. The zero-order valence-corrected chi connectivity index (χ0v) is 15.6. The van der Waals surface area contributed by atoms with Crippen molar-refractivity contribution in [2.45, 2.75) is 96.3 Å². The Balaban J connectivity index is 1.52. The van der Waals surface area contributed by atoms with Crippen LogP contribution in [0.5, 0.6) is 0 Å². The van der Waals surface area contributed by atoms with Crippen LogP contribution in [0.25, 0.3) is 0 Å². The van der Waals surface area contributed by atoms with Gasteiger partial charge in [-0.3, -0.25) is 9.59 Å². The Bertz CT molecular complexity index is 595. The number of hydrogen-bond acceptors (Lipinski definition) is 2. The highest BCUT2D eigenvalue weighted by Crippen LogP contribution is 2.80. The number of Topliss-reactive ketones (excluding diaryl/α,β-unsaturated/α-hetero) is 2. The molecule has 4 unspecified atom stereocenters. The molecule has 6 aliphatic carbocycles. The quantitative estimate of drug-likeness (QED) is 0.604. The lowest BCUT2D eigenvalue weighted by Crippen LogP contribution is -2.54. The predicted octanol–water partition coefficient (Wildman–Crippen LogP) is 5.24. The molecule has 6 saturated carbocycles. The molecule has 2 heteroatoms. The smallest absolute Gasteiger partial charge is 0.146 e. The van der Waals surface area contributed by atoms with Gasteiger partial charge in [0.05, 0.1) is 0 Å². The second-order valence-corrected chi connectivity index (χ2v) is 10.8. The molecule has 0 bridgehead atoms. The molecule has 25 heavy (non-hydrogen) atoms. The zero-order chi connectivity index (χ0) is 16.9. The summed E-state index contributed by atoms with van der Waals surface area (Å²) in [6.07, 6.45) is 17.4. The van der Waals surface area contributed by atoms with Gasteiger partial charge in [0.25, 0.3) is 0 Å². The lowest BCUT2D eigenvalue weighted by Gasteiger charge is -2.49. The van der Waals surface area contributed by atoms with Gasteiger partial charge in [0.1, 0.15) is 11.6 Å². The van der Waals surface area contributed by atoms with Crippen molar-refractivity contribution in [3.8, 4) is 0 Å². The van der Waals surface area contributed by atoms with E-state index in [0.717, 1.165) is 51.4 Å². The largest absolute Gasteiger partial charge is 0.298 e. The SMILES string of the molecule is O=C1C2(CCCC2)CC2CC3CC4(CCCC4)C(=O)C34CCCCC124. The summed E-state index contributed by atoms with van der Waals surface area (Å²) in [4.78, 5) is 28.2. The van der Waals surface area contributed by atoms with Crippen molar-refractivity contribution in [1.29, 1.82) is 0 Å². The molecule has 0 aromatic heterocycles. The highest BCUT2D eigenvalue weighted by Gasteiger charge is 2.81. The van der Waals surface area contributed by atoms with Gasteiger partial charge in [-0.15, -0.1) is 0 Å². The molecule has 0 aliphatic heterocycles. The van der Waals surface area contributed by atoms with Gasteiger partial charge in [-0.1, -0.05) is 38.5 Å². The normalized spacial score (nSPS) is 49.1. The lowest BCUT2D eigenvalue weighted by atomic mass is 9.51. The standard InChI is InChI=1S/C23H32O2/c24-18-20(7-1-2-8-20)14-16-13-17-15-21(9-3-4-10-21)19(25)23(17)12-6-5-11-22(16,18)23/h16-17H,1-15H2. The summed E-state index contributed by atoms with van der Waals surface area (Å²) in [5, 5.41) is 0. The maximum absolute atomic E-state index is 14.1. The van der Waals surface area contributed by atoms with Gasteiger partial charge in [0.15, 0.2) is 0 Å². The van der Waals surface area contributed by atoms with E-state index in [-0.39, 0.29) is 21.7 Å². The Hall–Kier alpha value is -0.660. The van der Waals surface area contributed by atoms with Gasteiger partial charge in [0.2, 0.25) is 0 Å². The van der Waals surface area contributed by atoms with Crippen LogP contribution < -0.4 is 0 Å². The fourth-order valence-corrected chi connectivity index (χ4v) is 9.70. The fraction of sp³-hybridized carbons (Fsp3) is 0.913. The lowest BCUT2D eigenvalue weighted by molar-refractivity contribution is -0.157. The first-order valence-electron chi connectivity index (χ1n) is 11.2. The molecule has 4 spiro atoms. The molecule has 6 aliphatic rings. The third-order valence-electron chi connectivity index (χ3n) is 10.3. The number of rotatable bonds is 0. The molecule has 6 rings (SSSR count).